The minimum Gasteiger partial charge on any atom is -0.807 e. The summed E-state index contributed by atoms with van der Waals surface area (Å²) in [5, 5.41) is -0.187. The van der Waals surface area contributed by atoms with E-state index in [9.17, 15) is 14.4 Å². The molecule has 0 fully saturated rings. The fourth-order valence-corrected chi connectivity index (χ4v) is 1.31. The first-order chi connectivity index (χ1) is 5.54. The maximum atomic E-state index is 10.5. The van der Waals surface area contributed by atoms with Crippen LogP contribution in [0.25, 0.3) is 6.08 Å². The molecule has 1 rings (SSSR count). The average molecular weight is 228 g/mol. The van der Waals surface area contributed by atoms with Crippen LogP contribution in [0.3, 0.4) is 0 Å². The zero-order valence-corrected chi connectivity index (χ0v) is 13.2. The first kappa shape index (κ1) is 17.5. The van der Waals surface area contributed by atoms with Crippen molar-refractivity contribution in [2.75, 3.05) is 0 Å². The monoisotopic (exact) mass is 228 g/mol. The van der Waals surface area contributed by atoms with Crippen LogP contribution in [-0.4, -0.2) is 0 Å². The molecule has 0 unspecified atom stereocenters. The molecule has 3 nitrogen and oxygen atoms in total. The van der Waals surface area contributed by atoms with Crippen LogP contribution in [0, 0.1) is 0 Å². The molecule has 0 radical (unpaired) electrons. The van der Waals surface area contributed by atoms with Crippen molar-refractivity contribution in [3.05, 3.63) is 36.4 Å². The first-order valence-corrected chi connectivity index (χ1v) is 4.83. The van der Waals surface area contributed by atoms with Crippen molar-refractivity contribution in [2.45, 2.75) is 0 Å². The van der Waals surface area contributed by atoms with E-state index >= 15 is 0 Å². The average Bonchev–Trinajstić information content (AvgIpc) is 2.03. The Morgan fingerprint density at radius 1 is 1.14 bits per heavy atom. The van der Waals surface area contributed by atoms with Crippen molar-refractivity contribution in [1.29, 1.82) is 0 Å². The molecule has 0 spiro atoms. The molecule has 0 saturated heterocycles. The first-order valence-electron chi connectivity index (χ1n) is 3.29. The fourth-order valence-electron chi connectivity index (χ4n) is 0.793. The van der Waals surface area contributed by atoms with Gasteiger partial charge in [0.2, 0.25) is 0 Å². The zero-order valence-electron chi connectivity index (χ0n) is 8.27. The van der Waals surface area contributed by atoms with E-state index in [1.54, 1.807) is 6.08 Å². The predicted molar refractivity (Wildman–Crippen MR) is 43.8 cm³/mol. The van der Waals surface area contributed by atoms with Crippen LogP contribution in [0.2, 0.25) is 0 Å². The van der Waals surface area contributed by atoms with Crippen molar-refractivity contribution in [3.63, 3.8) is 0 Å². The Hall–Kier alpha value is 1.11. The van der Waals surface area contributed by atoms with Crippen LogP contribution < -0.4 is 74.2 Å². The van der Waals surface area contributed by atoms with E-state index in [1.165, 1.54) is 24.3 Å². The van der Waals surface area contributed by atoms with E-state index in [1.807, 2.05) is 0 Å². The second kappa shape index (κ2) is 7.39. The summed E-state index contributed by atoms with van der Waals surface area (Å²) < 4.78 is 10.5. The zero-order chi connectivity index (χ0) is 9.19. The van der Waals surface area contributed by atoms with Gasteiger partial charge in [-0.05, 0) is 18.5 Å². The molecule has 6 heteroatoms. The van der Waals surface area contributed by atoms with Gasteiger partial charge in [0.25, 0.3) is 0 Å². The molecule has 0 atom stereocenters. The van der Waals surface area contributed by atoms with E-state index in [0.717, 1.165) is 5.56 Å². The van der Waals surface area contributed by atoms with Gasteiger partial charge in [0.1, 0.15) is 0 Å². The summed E-state index contributed by atoms with van der Waals surface area (Å²) in [5.74, 6) is 0. The third-order valence-electron chi connectivity index (χ3n) is 1.45. The summed E-state index contributed by atoms with van der Waals surface area (Å²) in [4.78, 5) is 21.0. The van der Waals surface area contributed by atoms with Crippen molar-refractivity contribution in [2.24, 2.45) is 0 Å². The summed E-state index contributed by atoms with van der Waals surface area (Å²) in [7, 11) is -4.58. The van der Waals surface area contributed by atoms with Crippen LogP contribution >= 0.6 is 7.60 Å². The number of hydrogen-bond acceptors (Lipinski definition) is 3. The number of rotatable bonds is 2. The fraction of sp³-hybridized carbons (Fsp3) is 0. The second-order valence-electron chi connectivity index (χ2n) is 2.29. The Bertz CT molecular complexity index is 331. The molecule has 64 valence electrons. The van der Waals surface area contributed by atoms with Crippen LogP contribution in [0.15, 0.2) is 30.8 Å². The summed E-state index contributed by atoms with van der Waals surface area (Å²) in [6.07, 6.45) is 1.57. The summed E-state index contributed by atoms with van der Waals surface area (Å²) in [6, 6.07) is 5.62. The van der Waals surface area contributed by atoms with Crippen LogP contribution in [0.5, 0.6) is 0 Å². The Morgan fingerprint density at radius 3 is 1.86 bits per heavy atom. The molecule has 0 aliphatic rings. The van der Waals surface area contributed by atoms with Gasteiger partial charge < -0.3 is 14.4 Å². The van der Waals surface area contributed by atoms with Gasteiger partial charge in [-0.2, -0.15) is 0 Å². The van der Waals surface area contributed by atoms with Crippen molar-refractivity contribution >= 4 is 19.0 Å². The van der Waals surface area contributed by atoms with E-state index in [-0.39, 0.29) is 64.4 Å². The van der Waals surface area contributed by atoms with Crippen LogP contribution in [0.1, 0.15) is 5.56 Å². The molecule has 0 amide bonds. The third-order valence-corrected chi connectivity index (χ3v) is 2.38. The molecular formula is C8H7Na2O3P. The quantitative estimate of drug-likeness (QED) is 0.374. The van der Waals surface area contributed by atoms with E-state index in [2.05, 4.69) is 6.58 Å². The van der Waals surface area contributed by atoms with Crippen LogP contribution in [-0.2, 0) is 4.57 Å². The van der Waals surface area contributed by atoms with Crippen molar-refractivity contribution in [3.8, 4) is 0 Å². The van der Waals surface area contributed by atoms with Gasteiger partial charge in [-0.15, -0.1) is 0 Å². The van der Waals surface area contributed by atoms with Gasteiger partial charge >= 0.3 is 59.1 Å². The van der Waals surface area contributed by atoms with E-state index in [0.29, 0.717) is 0 Å². The van der Waals surface area contributed by atoms with Gasteiger partial charge in [0, 0.05) is 0 Å². The molecular weight excluding hydrogens is 221 g/mol. The Morgan fingerprint density at radius 2 is 1.57 bits per heavy atom. The molecule has 1 aromatic rings. The Labute approximate surface area is 127 Å². The SMILES string of the molecule is C=Cc1ccc(P(=O)([O-])[O-])cc1.[Na+].[Na+]. The largest absolute Gasteiger partial charge is 1.00 e. The summed E-state index contributed by atoms with van der Waals surface area (Å²) in [5.41, 5.74) is 0.784. The standard InChI is InChI=1S/C8H9O3P.2Na/c1-2-7-3-5-8(6-4-7)12(9,10)11;;/h2-6H,1H2,(H2,9,10,11);;/q;2*+1/p-2. The predicted octanol–water partition coefficient (Wildman–Crippen LogP) is -6.12. The smallest absolute Gasteiger partial charge is 0.807 e. The second-order valence-corrected chi connectivity index (χ2v) is 3.80. The summed E-state index contributed by atoms with van der Waals surface area (Å²) >= 11 is 0. The maximum Gasteiger partial charge on any atom is 1.00 e. The van der Waals surface area contributed by atoms with Crippen molar-refractivity contribution < 1.29 is 73.5 Å². The van der Waals surface area contributed by atoms with E-state index in [4.69, 9.17) is 0 Å². The molecule has 0 aromatic heterocycles. The van der Waals surface area contributed by atoms with Gasteiger partial charge in [0.15, 0.2) is 0 Å². The molecule has 14 heavy (non-hydrogen) atoms. The third kappa shape index (κ3) is 5.26. The molecule has 0 aliphatic carbocycles. The normalized spacial score (nSPS) is 9.57. The van der Waals surface area contributed by atoms with Crippen molar-refractivity contribution in [1.82, 2.24) is 0 Å². The Balaban J connectivity index is 0. The van der Waals surface area contributed by atoms with Gasteiger partial charge in [0.05, 0.1) is 0 Å². The minimum atomic E-state index is -4.58. The number of benzene rings is 1. The summed E-state index contributed by atoms with van der Waals surface area (Å²) in [6.45, 7) is 3.50. The van der Waals surface area contributed by atoms with Gasteiger partial charge in [-0.3, -0.25) is 0 Å². The molecule has 0 N–H and O–H groups in total. The topological polar surface area (TPSA) is 63.2 Å². The molecule has 0 bridgehead atoms. The number of hydrogen-bond donors (Lipinski definition) is 0. The maximum absolute atomic E-state index is 10.5. The molecule has 0 saturated carbocycles. The Kier molecular flexibility index (Phi) is 9.24. The minimum absolute atomic E-state index is 0. The van der Waals surface area contributed by atoms with Gasteiger partial charge in [-0.1, -0.05) is 36.9 Å². The van der Waals surface area contributed by atoms with E-state index < -0.39 is 7.60 Å². The molecule has 1 aromatic carbocycles. The van der Waals surface area contributed by atoms with Gasteiger partial charge in [-0.25, -0.2) is 0 Å². The molecule has 0 heterocycles. The molecule has 0 aliphatic heterocycles. The van der Waals surface area contributed by atoms with Crippen LogP contribution in [0.4, 0.5) is 0 Å².